The molecule has 0 aliphatic heterocycles. The monoisotopic (exact) mass is 210 g/mol. The van der Waals surface area contributed by atoms with Crippen LogP contribution in [0.15, 0.2) is 37.0 Å². The van der Waals surface area contributed by atoms with Crippen LogP contribution < -0.4 is 0 Å². The van der Waals surface area contributed by atoms with Gasteiger partial charge in [-0.15, -0.1) is 6.58 Å². The molecule has 0 N–H and O–H groups in total. The molecule has 0 aromatic heterocycles. The second kappa shape index (κ2) is 9.21. The van der Waals surface area contributed by atoms with Crippen LogP contribution in [0, 0.1) is 0 Å². The first-order valence-corrected chi connectivity index (χ1v) is 4.89. The first kappa shape index (κ1) is 13.7. The van der Waals surface area contributed by atoms with E-state index < -0.39 is 0 Å². The highest BCUT2D eigenvalue weighted by atomic mass is 16.6. The molecule has 0 aliphatic rings. The van der Waals surface area contributed by atoms with E-state index in [0.29, 0.717) is 13.2 Å². The van der Waals surface area contributed by atoms with Gasteiger partial charge in [-0.25, -0.2) is 4.79 Å². The van der Waals surface area contributed by atoms with Crippen molar-refractivity contribution in [3.8, 4) is 0 Å². The molecule has 0 radical (unpaired) electrons. The molecule has 0 amide bonds. The average Bonchev–Trinajstić information content (AvgIpc) is 2.18. The first-order chi connectivity index (χ1) is 7.20. The third-order valence-electron chi connectivity index (χ3n) is 1.44. The van der Waals surface area contributed by atoms with Gasteiger partial charge in [-0.2, -0.15) is 0 Å². The molecule has 1 atom stereocenters. The van der Waals surface area contributed by atoms with Crippen LogP contribution in [0.2, 0.25) is 0 Å². The van der Waals surface area contributed by atoms with E-state index in [9.17, 15) is 4.79 Å². The fraction of sp³-hybridized carbons (Fsp3) is 0.417. The number of rotatable bonds is 7. The molecule has 84 valence electrons. The molecule has 0 aromatic rings. The highest BCUT2D eigenvalue weighted by Crippen LogP contribution is 1.94. The van der Waals surface area contributed by atoms with Crippen molar-refractivity contribution >= 4 is 5.97 Å². The molecular weight excluding hydrogens is 192 g/mol. The molecule has 0 saturated heterocycles. The summed E-state index contributed by atoms with van der Waals surface area (Å²) in [7, 11) is 0. The van der Waals surface area contributed by atoms with E-state index in [0.717, 1.165) is 0 Å². The van der Waals surface area contributed by atoms with Gasteiger partial charge in [-0.05, 0) is 13.8 Å². The average molecular weight is 210 g/mol. The maximum atomic E-state index is 11.1. The molecule has 0 spiro atoms. The lowest BCUT2D eigenvalue weighted by Gasteiger charge is -2.10. The normalized spacial score (nSPS) is 13.2. The van der Waals surface area contributed by atoms with Gasteiger partial charge in [0.05, 0.1) is 13.2 Å². The van der Waals surface area contributed by atoms with Crippen LogP contribution in [0.25, 0.3) is 0 Å². The summed E-state index contributed by atoms with van der Waals surface area (Å²) in [4.78, 5) is 11.1. The third-order valence-corrected chi connectivity index (χ3v) is 1.44. The second-order valence-corrected chi connectivity index (χ2v) is 2.96. The van der Waals surface area contributed by atoms with Crippen molar-refractivity contribution in [1.29, 1.82) is 0 Å². The maximum Gasteiger partial charge on any atom is 0.331 e. The number of allylic oxidation sites excluding steroid dienone is 3. The van der Waals surface area contributed by atoms with Crippen molar-refractivity contribution < 1.29 is 14.3 Å². The molecular formula is C12H18O3. The molecule has 0 aliphatic carbocycles. The standard InChI is InChI=1S/C12H18O3/c1-4-6-7-8-12(13)15-11(3)10-14-9-5-2/h4-8,11H,2,9-10H2,1,3H3/b6-4+,8-7+. The van der Waals surface area contributed by atoms with Gasteiger partial charge in [0.15, 0.2) is 0 Å². The molecule has 3 heteroatoms. The predicted octanol–water partition coefficient (Wildman–Crippen LogP) is 2.25. The molecule has 0 aromatic carbocycles. The van der Waals surface area contributed by atoms with E-state index in [4.69, 9.17) is 9.47 Å². The lowest BCUT2D eigenvalue weighted by Crippen LogP contribution is -2.19. The topological polar surface area (TPSA) is 35.5 Å². The minimum Gasteiger partial charge on any atom is -0.457 e. The smallest absolute Gasteiger partial charge is 0.331 e. The summed E-state index contributed by atoms with van der Waals surface area (Å²) in [5.74, 6) is -0.359. The van der Waals surface area contributed by atoms with Crippen molar-refractivity contribution in [2.24, 2.45) is 0 Å². The molecule has 0 bridgehead atoms. The van der Waals surface area contributed by atoms with Crippen molar-refractivity contribution in [2.45, 2.75) is 20.0 Å². The molecule has 0 fully saturated rings. The maximum absolute atomic E-state index is 11.1. The minimum absolute atomic E-state index is 0.243. The number of hydrogen-bond acceptors (Lipinski definition) is 3. The van der Waals surface area contributed by atoms with Gasteiger partial charge in [0.1, 0.15) is 6.10 Å². The summed E-state index contributed by atoms with van der Waals surface area (Å²) in [6.07, 6.45) is 8.03. The number of carbonyl (C=O) groups excluding carboxylic acids is 1. The molecule has 0 rings (SSSR count). The van der Waals surface area contributed by atoms with E-state index in [1.54, 1.807) is 25.2 Å². The Kier molecular flexibility index (Phi) is 8.39. The zero-order valence-corrected chi connectivity index (χ0v) is 9.31. The molecule has 1 unspecified atom stereocenters. The van der Waals surface area contributed by atoms with Crippen LogP contribution >= 0.6 is 0 Å². The zero-order valence-electron chi connectivity index (χ0n) is 9.31. The van der Waals surface area contributed by atoms with Crippen LogP contribution in [0.3, 0.4) is 0 Å². The first-order valence-electron chi connectivity index (χ1n) is 4.89. The SMILES string of the molecule is C=CCOCC(C)OC(=O)/C=C/C=C/C. The van der Waals surface area contributed by atoms with Crippen molar-refractivity contribution in [2.75, 3.05) is 13.2 Å². The molecule has 0 saturated carbocycles. The Balaban J connectivity index is 3.70. The van der Waals surface area contributed by atoms with E-state index >= 15 is 0 Å². The number of carbonyl (C=O) groups is 1. The van der Waals surface area contributed by atoms with Gasteiger partial charge in [0.2, 0.25) is 0 Å². The Labute approximate surface area is 91.1 Å². The summed E-state index contributed by atoms with van der Waals surface area (Å²) >= 11 is 0. The Hall–Kier alpha value is -1.35. The van der Waals surface area contributed by atoms with Crippen LogP contribution in [0.1, 0.15) is 13.8 Å². The summed E-state index contributed by atoms with van der Waals surface area (Å²) < 4.78 is 10.2. The highest BCUT2D eigenvalue weighted by Gasteiger charge is 2.05. The lowest BCUT2D eigenvalue weighted by molar-refractivity contribution is -0.144. The Bertz CT molecular complexity index is 241. The molecule has 3 nitrogen and oxygen atoms in total. The van der Waals surface area contributed by atoms with Gasteiger partial charge < -0.3 is 9.47 Å². The largest absolute Gasteiger partial charge is 0.457 e. The van der Waals surface area contributed by atoms with Crippen LogP contribution in [0.5, 0.6) is 0 Å². The van der Waals surface area contributed by atoms with E-state index in [-0.39, 0.29) is 12.1 Å². The number of esters is 1. The van der Waals surface area contributed by atoms with E-state index in [1.165, 1.54) is 6.08 Å². The minimum atomic E-state index is -0.359. The van der Waals surface area contributed by atoms with Crippen molar-refractivity contribution in [1.82, 2.24) is 0 Å². The Morgan fingerprint density at radius 1 is 1.47 bits per heavy atom. The van der Waals surface area contributed by atoms with Crippen LogP contribution in [0.4, 0.5) is 0 Å². The zero-order chi connectivity index (χ0) is 11.5. The number of ether oxygens (including phenoxy) is 2. The highest BCUT2D eigenvalue weighted by molar-refractivity contribution is 5.82. The van der Waals surface area contributed by atoms with E-state index in [2.05, 4.69) is 6.58 Å². The fourth-order valence-corrected chi connectivity index (χ4v) is 0.834. The van der Waals surface area contributed by atoms with Crippen molar-refractivity contribution in [3.05, 3.63) is 37.0 Å². The Morgan fingerprint density at radius 2 is 2.20 bits per heavy atom. The van der Waals surface area contributed by atoms with Crippen LogP contribution in [-0.2, 0) is 14.3 Å². The van der Waals surface area contributed by atoms with Gasteiger partial charge in [0.25, 0.3) is 0 Å². The predicted molar refractivity (Wildman–Crippen MR) is 60.5 cm³/mol. The van der Waals surface area contributed by atoms with Gasteiger partial charge in [-0.1, -0.05) is 24.3 Å². The fourth-order valence-electron chi connectivity index (χ4n) is 0.834. The quantitative estimate of drug-likeness (QED) is 0.212. The van der Waals surface area contributed by atoms with Crippen LogP contribution in [-0.4, -0.2) is 25.3 Å². The number of hydrogen-bond donors (Lipinski definition) is 0. The second-order valence-electron chi connectivity index (χ2n) is 2.96. The van der Waals surface area contributed by atoms with E-state index in [1.807, 2.05) is 13.0 Å². The summed E-state index contributed by atoms with van der Waals surface area (Å²) in [6, 6.07) is 0. The molecule has 15 heavy (non-hydrogen) atoms. The van der Waals surface area contributed by atoms with Crippen molar-refractivity contribution in [3.63, 3.8) is 0 Å². The summed E-state index contributed by atoms with van der Waals surface area (Å²) in [5, 5.41) is 0. The van der Waals surface area contributed by atoms with Gasteiger partial charge in [0, 0.05) is 6.08 Å². The van der Waals surface area contributed by atoms with Gasteiger partial charge in [-0.3, -0.25) is 0 Å². The third kappa shape index (κ3) is 8.97. The summed E-state index contributed by atoms with van der Waals surface area (Å²) in [6.45, 7) is 8.03. The Morgan fingerprint density at radius 3 is 2.80 bits per heavy atom. The van der Waals surface area contributed by atoms with Gasteiger partial charge >= 0.3 is 5.97 Å². The summed E-state index contributed by atoms with van der Waals surface area (Å²) in [5.41, 5.74) is 0. The lowest BCUT2D eigenvalue weighted by atomic mass is 10.4. The molecule has 0 heterocycles.